The van der Waals surface area contributed by atoms with Crippen molar-refractivity contribution in [3.8, 4) is 11.5 Å². The molecule has 0 aliphatic carbocycles. The van der Waals surface area contributed by atoms with Crippen molar-refractivity contribution in [3.05, 3.63) is 58.4 Å². The van der Waals surface area contributed by atoms with Crippen LogP contribution in [0.1, 0.15) is 17.2 Å². The molecule has 0 spiro atoms. The third kappa shape index (κ3) is 3.65. The van der Waals surface area contributed by atoms with Crippen LogP contribution in [0, 0.1) is 5.82 Å². The zero-order chi connectivity index (χ0) is 15.4. The molecule has 0 aromatic heterocycles. The lowest BCUT2D eigenvalue weighted by atomic mass is 10.0. The summed E-state index contributed by atoms with van der Waals surface area (Å²) in [5.41, 5.74) is 1.20. The Balaban J connectivity index is 2.28. The van der Waals surface area contributed by atoms with Crippen molar-refractivity contribution in [3.63, 3.8) is 0 Å². The number of aliphatic hydroxyl groups excluding tert-OH is 1. The number of hydrogen-bond acceptors (Lipinski definition) is 3. The fourth-order valence-electron chi connectivity index (χ4n) is 2.12. The number of rotatable bonds is 5. The summed E-state index contributed by atoms with van der Waals surface area (Å²) in [6, 6.07) is 9.32. The van der Waals surface area contributed by atoms with Crippen molar-refractivity contribution in [2.45, 2.75) is 12.5 Å². The first kappa shape index (κ1) is 15.6. The summed E-state index contributed by atoms with van der Waals surface area (Å²) < 4.78 is 23.5. The van der Waals surface area contributed by atoms with Crippen LogP contribution in [0.4, 0.5) is 4.39 Å². The molecule has 3 nitrogen and oxygen atoms in total. The SMILES string of the molecule is COc1cc(Cl)c(C(O)Cc2cccc(F)c2)cc1OC. The van der Waals surface area contributed by atoms with E-state index in [0.29, 0.717) is 27.6 Å². The van der Waals surface area contributed by atoms with Gasteiger partial charge >= 0.3 is 0 Å². The Bertz CT molecular complexity index is 631. The summed E-state index contributed by atoms with van der Waals surface area (Å²) in [6.45, 7) is 0. The van der Waals surface area contributed by atoms with Gasteiger partial charge in [-0.25, -0.2) is 4.39 Å². The van der Waals surface area contributed by atoms with E-state index < -0.39 is 6.10 Å². The molecule has 1 unspecified atom stereocenters. The Morgan fingerprint density at radius 3 is 2.43 bits per heavy atom. The van der Waals surface area contributed by atoms with Gasteiger partial charge in [0.05, 0.1) is 25.3 Å². The van der Waals surface area contributed by atoms with Crippen molar-refractivity contribution in [1.82, 2.24) is 0 Å². The molecule has 0 aliphatic rings. The van der Waals surface area contributed by atoms with Crippen molar-refractivity contribution in [2.24, 2.45) is 0 Å². The van der Waals surface area contributed by atoms with E-state index in [4.69, 9.17) is 21.1 Å². The fraction of sp³-hybridized carbons (Fsp3) is 0.250. The van der Waals surface area contributed by atoms with Crippen molar-refractivity contribution < 1.29 is 19.0 Å². The highest BCUT2D eigenvalue weighted by Crippen LogP contribution is 2.36. The highest BCUT2D eigenvalue weighted by molar-refractivity contribution is 6.31. The molecule has 5 heteroatoms. The Hall–Kier alpha value is -1.78. The fourth-order valence-corrected chi connectivity index (χ4v) is 2.40. The smallest absolute Gasteiger partial charge is 0.162 e. The zero-order valence-corrected chi connectivity index (χ0v) is 12.5. The van der Waals surface area contributed by atoms with Gasteiger partial charge in [0, 0.05) is 18.1 Å². The van der Waals surface area contributed by atoms with E-state index in [1.165, 1.54) is 26.4 Å². The lowest BCUT2D eigenvalue weighted by molar-refractivity contribution is 0.178. The van der Waals surface area contributed by atoms with Crippen molar-refractivity contribution in [2.75, 3.05) is 14.2 Å². The zero-order valence-electron chi connectivity index (χ0n) is 11.8. The number of benzene rings is 2. The van der Waals surface area contributed by atoms with Gasteiger partial charge in [-0.2, -0.15) is 0 Å². The average molecular weight is 311 g/mol. The van der Waals surface area contributed by atoms with Gasteiger partial charge in [-0.1, -0.05) is 23.7 Å². The Morgan fingerprint density at radius 2 is 1.81 bits per heavy atom. The van der Waals surface area contributed by atoms with Gasteiger partial charge in [-0.15, -0.1) is 0 Å². The first-order valence-corrected chi connectivity index (χ1v) is 6.77. The molecule has 0 saturated heterocycles. The van der Waals surface area contributed by atoms with Gasteiger partial charge in [-0.05, 0) is 23.8 Å². The van der Waals surface area contributed by atoms with Crippen LogP contribution in [-0.4, -0.2) is 19.3 Å². The van der Waals surface area contributed by atoms with Gasteiger partial charge in [0.1, 0.15) is 5.82 Å². The van der Waals surface area contributed by atoms with Crippen LogP contribution in [0.15, 0.2) is 36.4 Å². The van der Waals surface area contributed by atoms with Crippen LogP contribution in [0.5, 0.6) is 11.5 Å². The molecule has 2 aromatic carbocycles. The van der Waals surface area contributed by atoms with E-state index in [2.05, 4.69) is 0 Å². The maximum atomic E-state index is 13.2. The van der Waals surface area contributed by atoms with E-state index >= 15 is 0 Å². The Labute approximate surface area is 127 Å². The lowest BCUT2D eigenvalue weighted by Crippen LogP contribution is -2.04. The first-order chi connectivity index (χ1) is 10.0. The molecule has 0 fully saturated rings. The molecule has 0 bridgehead atoms. The first-order valence-electron chi connectivity index (χ1n) is 6.39. The number of hydrogen-bond donors (Lipinski definition) is 1. The molecule has 0 amide bonds. The molecule has 0 heterocycles. The minimum atomic E-state index is -0.862. The predicted octanol–water partition coefficient (Wildman–Crippen LogP) is 3.77. The maximum Gasteiger partial charge on any atom is 0.162 e. The van der Waals surface area contributed by atoms with Crippen LogP contribution in [0.3, 0.4) is 0 Å². The molecule has 112 valence electrons. The van der Waals surface area contributed by atoms with Gasteiger partial charge in [0.2, 0.25) is 0 Å². The maximum absolute atomic E-state index is 13.2. The van der Waals surface area contributed by atoms with Gasteiger partial charge in [0.25, 0.3) is 0 Å². The number of ether oxygens (including phenoxy) is 2. The monoisotopic (exact) mass is 310 g/mol. The third-order valence-electron chi connectivity index (χ3n) is 3.18. The predicted molar refractivity (Wildman–Crippen MR) is 79.6 cm³/mol. The van der Waals surface area contributed by atoms with E-state index in [1.807, 2.05) is 0 Å². The second kappa shape index (κ2) is 6.78. The summed E-state index contributed by atoms with van der Waals surface area (Å²) in [6.07, 6.45) is -0.605. The van der Waals surface area contributed by atoms with Crippen LogP contribution in [-0.2, 0) is 6.42 Å². The highest BCUT2D eigenvalue weighted by Gasteiger charge is 2.17. The number of aliphatic hydroxyl groups is 1. The topological polar surface area (TPSA) is 38.7 Å². The molecular formula is C16H16ClFO3. The van der Waals surface area contributed by atoms with E-state index in [1.54, 1.807) is 24.3 Å². The number of halogens is 2. The van der Waals surface area contributed by atoms with Crippen molar-refractivity contribution in [1.29, 1.82) is 0 Å². The molecule has 0 aliphatic heterocycles. The molecule has 0 radical (unpaired) electrons. The molecule has 2 rings (SSSR count). The standard InChI is InChI=1S/C16H16ClFO3/c1-20-15-8-12(13(17)9-16(15)21-2)14(19)7-10-4-3-5-11(18)6-10/h3-6,8-9,14,19H,7H2,1-2H3. The molecule has 1 N–H and O–H groups in total. The summed E-state index contributed by atoms with van der Waals surface area (Å²) in [4.78, 5) is 0. The largest absolute Gasteiger partial charge is 0.493 e. The molecule has 0 saturated carbocycles. The summed E-state index contributed by atoms with van der Waals surface area (Å²) >= 11 is 6.16. The Kier molecular flexibility index (Phi) is 5.04. The molecular weight excluding hydrogens is 295 g/mol. The van der Waals surface area contributed by atoms with Crippen LogP contribution < -0.4 is 9.47 Å². The van der Waals surface area contributed by atoms with Crippen LogP contribution in [0.2, 0.25) is 5.02 Å². The third-order valence-corrected chi connectivity index (χ3v) is 3.51. The normalized spacial score (nSPS) is 12.0. The van der Waals surface area contributed by atoms with Crippen LogP contribution in [0.25, 0.3) is 0 Å². The van der Waals surface area contributed by atoms with Gasteiger partial charge < -0.3 is 14.6 Å². The number of methoxy groups -OCH3 is 2. The second-order valence-corrected chi connectivity index (χ2v) is 4.99. The summed E-state index contributed by atoms with van der Waals surface area (Å²) in [5, 5.41) is 10.7. The average Bonchev–Trinajstić information content (AvgIpc) is 2.46. The Morgan fingerprint density at radius 1 is 1.14 bits per heavy atom. The summed E-state index contributed by atoms with van der Waals surface area (Å²) in [5.74, 6) is 0.637. The van der Waals surface area contributed by atoms with Crippen LogP contribution >= 0.6 is 11.6 Å². The van der Waals surface area contributed by atoms with Gasteiger partial charge in [-0.3, -0.25) is 0 Å². The van der Waals surface area contributed by atoms with Gasteiger partial charge in [0.15, 0.2) is 11.5 Å². The second-order valence-electron chi connectivity index (χ2n) is 4.58. The molecule has 1 atom stereocenters. The summed E-state index contributed by atoms with van der Waals surface area (Å²) in [7, 11) is 3.02. The lowest BCUT2D eigenvalue weighted by Gasteiger charge is -2.16. The molecule has 2 aromatic rings. The van der Waals surface area contributed by atoms with Crippen molar-refractivity contribution >= 4 is 11.6 Å². The minimum Gasteiger partial charge on any atom is -0.493 e. The highest BCUT2D eigenvalue weighted by atomic mass is 35.5. The quantitative estimate of drug-likeness (QED) is 0.913. The van der Waals surface area contributed by atoms with E-state index in [0.717, 1.165) is 0 Å². The van der Waals surface area contributed by atoms with E-state index in [-0.39, 0.29) is 12.2 Å². The molecule has 21 heavy (non-hydrogen) atoms. The van der Waals surface area contributed by atoms with E-state index in [9.17, 15) is 9.50 Å². The minimum absolute atomic E-state index is 0.257.